The Balaban J connectivity index is 1.27. The van der Waals surface area contributed by atoms with Gasteiger partial charge in [0.1, 0.15) is 0 Å². The lowest BCUT2D eigenvalue weighted by atomic mass is 10.2. The third kappa shape index (κ3) is 5.62. The summed E-state index contributed by atoms with van der Waals surface area (Å²) in [6.45, 7) is 0. The second-order valence-electron chi connectivity index (χ2n) is 5.69. The van der Waals surface area contributed by atoms with Gasteiger partial charge in [-0.25, -0.2) is 4.98 Å². The summed E-state index contributed by atoms with van der Waals surface area (Å²) in [5.41, 5.74) is 1.99. The zero-order valence-electron chi connectivity index (χ0n) is 14.6. The lowest BCUT2D eigenvalue weighted by molar-refractivity contribution is -0.113. The Hall–Kier alpha value is -1.36. The van der Waals surface area contributed by atoms with E-state index in [4.69, 9.17) is 23.2 Å². The molecule has 0 atom stereocenters. The van der Waals surface area contributed by atoms with Crippen LogP contribution in [0.4, 0.5) is 5.13 Å². The molecule has 11 heteroatoms. The van der Waals surface area contributed by atoms with E-state index in [1.165, 1.54) is 34.9 Å². The first-order valence-electron chi connectivity index (χ1n) is 8.25. The maximum atomic E-state index is 12.2. The topological polar surface area (TPSA) is 67.8 Å². The molecule has 2 heterocycles. The third-order valence-electron chi connectivity index (χ3n) is 3.60. The smallest absolute Gasteiger partial charge is 0.236 e. The summed E-state index contributed by atoms with van der Waals surface area (Å²) in [6.07, 6.45) is 0. The Bertz CT molecular complexity index is 1130. The number of para-hydroxylation sites is 1. The Morgan fingerprint density at radius 1 is 1.00 bits per heavy atom. The number of halogens is 2. The van der Waals surface area contributed by atoms with Gasteiger partial charge in [-0.2, -0.15) is 0 Å². The predicted molar refractivity (Wildman–Crippen MR) is 125 cm³/mol. The molecule has 0 saturated heterocycles. The molecule has 0 fully saturated rings. The fourth-order valence-electron chi connectivity index (χ4n) is 2.29. The number of aromatic nitrogens is 3. The standard InChI is InChI=1S/C18H12Cl2N4OS4/c19-11-6-5-10(7-12(11)20)8-26-18-24-23-16(29-18)22-15(25)9-27-17-21-13-3-1-2-4-14(13)28-17/h1-7H,8-9H2,(H,22,23,25). The number of carbonyl (C=O) groups is 1. The number of nitrogens with one attached hydrogen (secondary N) is 1. The monoisotopic (exact) mass is 498 g/mol. The van der Waals surface area contributed by atoms with Crippen LogP contribution in [0, 0.1) is 0 Å². The van der Waals surface area contributed by atoms with Crippen molar-refractivity contribution in [1.82, 2.24) is 15.2 Å². The van der Waals surface area contributed by atoms with Crippen molar-refractivity contribution < 1.29 is 4.79 Å². The van der Waals surface area contributed by atoms with Crippen molar-refractivity contribution in [3.05, 3.63) is 58.1 Å². The minimum atomic E-state index is -0.133. The van der Waals surface area contributed by atoms with E-state index in [-0.39, 0.29) is 11.7 Å². The lowest BCUT2D eigenvalue weighted by Crippen LogP contribution is -2.13. The van der Waals surface area contributed by atoms with Crippen LogP contribution in [0.25, 0.3) is 10.2 Å². The Morgan fingerprint density at radius 3 is 2.69 bits per heavy atom. The number of rotatable bonds is 7. The van der Waals surface area contributed by atoms with E-state index in [9.17, 15) is 4.79 Å². The number of nitrogens with zero attached hydrogens (tertiary/aromatic N) is 3. The van der Waals surface area contributed by atoms with E-state index < -0.39 is 0 Å². The van der Waals surface area contributed by atoms with Crippen molar-refractivity contribution in [2.45, 2.75) is 14.4 Å². The quantitative estimate of drug-likeness (QED) is 0.232. The largest absolute Gasteiger partial charge is 0.300 e. The minimum Gasteiger partial charge on any atom is -0.300 e. The highest BCUT2D eigenvalue weighted by atomic mass is 35.5. The number of thiazole rings is 1. The average molecular weight is 499 g/mol. The molecule has 4 aromatic rings. The number of carbonyl (C=O) groups excluding carboxylic acids is 1. The molecule has 0 radical (unpaired) electrons. The SMILES string of the molecule is O=C(CSc1nc2ccccc2s1)Nc1nnc(SCc2ccc(Cl)c(Cl)c2)s1. The van der Waals surface area contributed by atoms with Gasteiger partial charge in [0, 0.05) is 5.75 Å². The van der Waals surface area contributed by atoms with Crippen molar-refractivity contribution in [1.29, 1.82) is 0 Å². The van der Waals surface area contributed by atoms with Crippen LogP contribution in [-0.2, 0) is 10.5 Å². The second kappa shape index (κ2) is 9.63. The molecule has 0 aliphatic heterocycles. The van der Waals surface area contributed by atoms with Gasteiger partial charge >= 0.3 is 0 Å². The zero-order chi connectivity index (χ0) is 20.2. The van der Waals surface area contributed by atoms with E-state index in [0.29, 0.717) is 20.9 Å². The number of hydrogen-bond acceptors (Lipinski definition) is 8. The predicted octanol–water partition coefficient (Wildman–Crippen LogP) is 6.48. The fraction of sp³-hybridized carbons (Fsp3) is 0.111. The summed E-state index contributed by atoms with van der Waals surface area (Å²) in [4.78, 5) is 16.7. The number of thioether (sulfide) groups is 2. The van der Waals surface area contributed by atoms with Crippen molar-refractivity contribution in [3.63, 3.8) is 0 Å². The molecule has 0 unspecified atom stereocenters. The van der Waals surface area contributed by atoms with Crippen LogP contribution in [0.2, 0.25) is 10.0 Å². The van der Waals surface area contributed by atoms with E-state index in [1.807, 2.05) is 36.4 Å². The van der Waals surface area contributed by atoms with Crippen LogP contribution in [0.1, 0.15) is 5.56 Å². The van der Waals surface area contributed by atoms with Crippen molar-refractivity contribution in [2.75, 3.05) is 11.1 Å². The van der Waals surface area contributed by atoms with Crippen LogP contribution in [0.3, 0.4) is 0 Å². The van der Waals surface area contributed by atoms with E-state index in [2.05, 4.69) is 20.5 Å². The van der Waals surface area contributed by atoms with Gasteiger partial charge in [-0.3, -0.25) is 10.1 Å². The molecule has 2 aromatic heterocycles. The molecule has 5 nitrogen and oxygen atoms in total. The Labute approximate surface area is 193 Å². The highest BCUT2D eigenvalue weighted by Gasteiger charge is 2.11. The Kier molecular flexibility index (Phi) is 6.94. The summed E-state index contributed by atoms with van der Waals surface area (Å²) in [5, 5.41) is 12.5. The fourth-order valence-corrected chi connectivity index (χ4v) is 6.19. The highest BCUT2D eigenvalue weighted by molar-refractivity contribution is 8.01. The maximum absolute atomic E-state index is 12.2. The molecule has 4 rings (SSSR count). The van der Waals surface area contributed by atoms with Gasteiger partial charge < -0.3 is 0 Å². The van der Waals surface area contributed by atoms with Crippen LogP contribution in [0.5, 0.6) is 0 Å². The molecule has 2 aromatic carbocycles. The number of benzene rings is 2. The molecular weight excluding hydrogens is 487 g/mol. The van der Waals surface area contributed by atoms with Crippen LogP contribution >= 0.6 is 69.4 Å². The molecule has 0 aliphatic rings. The highest BCUT2D eigenvalue weighted by Crippen LogP contribution is 2.31. The first-order valence-corrected chi connectivity index (χ1v) is 12.6. The van der Waals surface area contributed by atoms with Gasteiger partial charge in [-0.15, -0.1) is 21.5 Å². The third-order valence-corrected chi connectivity index (χ3v) is 8.56. The molecule has 148 valence electrons. The van der Waals surface area contributed by atoms with Crippen molar-refractivity contribution in [3.8, 4) is 0 Å². The molecule has 1 amide bonds. The molecule has 1 N–H and O–H groups in total. The van der Waals surface area contributed by atoms with Crippen LogP contribution < -0.4 is 5.32 Å². The first kappa shape index (κ1) is 20.9. The van der Waals surface area contributed by atoms with E-state index in [1.54, 1.807) is 17.4 Å². The molecule has 0 spiro atoms. The molecule has 0 saturated carbocycles. The molecule has 0 aliphatic carbocycles. The number of fused-ring (bicyclic) bond motifs is 1. The van der Waals surface area contributed by atoms with Gasteiger partial charge in [0.15, 0.2) is 8.68 Å². The summed E-state index contributed by atoms with van der Waals surface area (Å²) in [6, 6.07) is 13.5. The minimum absolute atomic E-state index is 0.133. The van der Waals surface area contributed by atoms with Crippen molar-refractivity contribution in [2.24, 2.45) is 0 Å². The summed E-state index contributed by atoms with van der Waals surface area (Å²) in [5.74, 6) is 0.824. The van der Waals surface area contributed by atoms with Crippen molar-refractivity contribution >= 4 is 90.7 Å². The summed E-state index contributed by atoms with van der Waals surface area (Å²) >= 11 is 17.8. The lowest BCUT2D eigenvalue weighted by Gasteiger charge is -2.01. The number of anilines is 1. The van der Waals surface area contributed by atoms with Gasteiger partial charge in [0.2, 0.25) is 11.0 Å². The average Bonchev–Trinajstić information content (AvgIpc) is 3.33. The van der Waals surface area contributed by atoms with E-state index in [0.717, 1.165) is 24.5 Å². The van der Waals surface area contributed by atoms with Gasteiger partial charge in [0.25, 0.3) is 0 Å². The zero-order valence-corrected chi connectivity index (χ0v) is 19.4. The van der Waals surface area contributed by atoms with E-state index >= 15 is 0 Å². The molecular formula is C18H12Cl2N4OS4. The van der Waals surface area contributed by atoms with Crippen LogP contribution in [-0.4, -0.2) is 26.8 Å². The Morgan fingerprint density at radius 2 is 1.86 bits per heavy atom. The van der Waals surface area contributed by atoms with Gasteiger partial charge in [-0.05, 0) is 29.8 Å². The molecule has 29 heavy (non-hydrogen) atoms. The maximum Gasteiger partial charge on any atom is 0.236 e. The van der Waals surface area contributed by atoms with Gasteiger partial charge in [0.05, 0.1) is 26.0 Å². The number of amides is 1. The molecule has 0 bridgehead atoms. The van der Waals surface area contributed by atoms with Gasteiger partial charge in [-0.1, -0.05) is 76.3 Å². The normalized spacial score (nSPS) is 11.1. The first-order chi connectivity index (χ1) is 14.1. The van der Waals surface area contributed by atoms with Crippen LogP contribution in [0.15, 0.2) is 51.1 Å². The number of hydrogen-bond donors (Lipinski definition) is 1. The summed E-state index contributed by atoms with van der Waals surface area (Å²) in [7, 11) is 0. The second-order valence-corrected chi connectivity index (χ2v) is 11.0. The summed E-state index contributed by atoms with van der Waals surface area (Å²) < 4.78 is 2.75.